The number of sulfonamides is 2. The second-order valence-corrected chi connectivity index (χ2v) is 13.9. The molecule has 0 unspecified atom stereocenters. The molecular formula is C21H32N4O6S2. The van der Waals surface area contributed by atoms with Crippen LogP contribution in [0, 0.1) is 6.92 Å². The fraction of sp³-hybridized carbons (Fsp3) is 0.810. The Labute approximate surface area is 195 Å². The largest absolute Gasteiger partial charge is 0.474 e. The zero-order chi connectivity index (χ0) is 23.4. The molecule has 12 heteroatoms. The van der Waals surface area contributed by atoms with Crippen LogP contribution in [0.4, 0.5) is 0 Å². The molecule has 2 atom stereocenters. The molecule has 0 aromatic carbocycles. The van der Waals surface area contributed by atoms with Crippen LogP contribution in [0.5, 0.6) is 11.8 Å². The van der Waals surface area contributed by atoms with Crippen molar-refractivity contribution in [2.75, 3.05) is 19.3 Å². The zero-order valence-corrected chi connectivity index (χ0v) is 20.7. The molecular weight excluding hydrogens is 468 g/mol. The summed E-state index contributed by atoms with van der Waals surface area (Å²) < 4.78 is 64.7. The Balaban J connectivity index is 1.22. The number of ether oxygens (including phenoxy) is 2. The minimum atomic E-state index is -3.18. The smallest absolute Gasteiger partial charge is 0.223 e. The first-order chi connectivity index (χ1) is 15.6. The molecule has 0 N–H and O–H groups in total. The second kappa shape index (κ2) is 8.62. The average molecular weight is 501 g/mol. The molecule has 0 radical (unpaired) electrons. The molecule has 1 saturated carbocycles. The topological polar surface area (TPSA) is 119 Å². The van der Waals surface area contributed by atoms with Gasteiger partial charge in [0.1, 0.15) is 18.5 Å². The van der Waals surface area contributed by atoms with Crippen LogP contribution in [0.25, 0.3) is 0 Å². The van der Waals surface area contributed by atoms with Gasteiger partial charge in [-0.2, -0.15) is 4.31 Å². The second-order valence-electron chi connectivity index (χ2n) is 9.76. The number of piperidine rings is 2. The summed E-state index contributed by atoms with van der Waals surface area (Å²) in [5, 5.41) is -0.175. The predicted octanol–water partition coefficient (Wildman–Crippen LogP) is 1.45. The number of nitrogens with zero attached hydrogens (tertiary/aromatic N) is 4. The van der Waals surface area contributed by atoms with Gasteiger partial charge in [-0.15, -0.1) is 0 Å². The lowest BCUT2D eigenvalue weighted by atomic mass is 10.0. The molecule has 5 rings (SSSR count). The monoisotopic (exact) mass is 500 g/mol. The minimum Gasteiger partial charge on any atom is -0.474 e. The van der Waals surface area contributed by atoms with Gasteiger partial charge in [0.05, 0.1) is 17.1 Å². The number of rotatable bonds is 7. The molecule has 33 heavy (non-hydrogen) atoms. The highest BCUT2D eigenvalue weighted by molar-refractivity contribution is 7.90. The van der Waals surface area contributed by atoms with Gasteiger partial charge in [0.2, 0.25) is 31.8 Å². The molecule has 184 valence electrons. The summed E-state index contributed by atoms with van der Waals surface area (Å²) in [5.41, 5.74) is 0.712. The van der Waals surface area contributed by atoms with E-state index in [9.17, 15) is 16.8 Å². The summed E-state index contributed by atoms with van der Waals surface area (Å²) in [4.78, 5) is 8.59. The molecule has 1 aliphatic carbocycles. The number of aromatic nitrogens is 2. The molecule has 1 aromatic heterocycles. The Morgan fingerprint density at radius 2 is 1.39 bits per heavy atom. The van der Waals surface area contributed by atoms with Crippen LogP contribution < -0.4 is 9.47 Å². The van der Waals surface area contributed by atoms with Crippen LogP contribution >= 0.6 is 0 Å². The fourth-order valence-corrected chi connectivity index (χ4v) is 8.55. The van der Waals surface area contributed by atoms with Crippen LogP contribution in [0.3, 0.4) is 0 Å². The molecule has 0 amide bonds. The first-order valence-electron chi connectivity index (χ1n) is 11.8. The third-order valence-corrected chi connectivity index (χ3v) is 11.1. The molecule has 3 aliphatic heterocycles. The van der Waals surface area contributed by atoms with E-state index in [1.807, 2.05) is 6.92 Å². The predicted molar refractivity (Wildman–Crippen MR) is 121 cm³/mol. The van der Waals surface area contributed by atoms with Gasteiger partial charge in [-0.3, -0.25) is 0 Å². The molecule has 1 aromatic rings. The first kappa shape index (κ1) is 23.3. The SMILES string of the molecule is Cc1c(OC2CCN(S(C)(=O)=O)CC2)ncnc1OC1C[C@H]2CC[C@H](C1)N2S(=O)(=O)C1CC1. The molecule has 2 bridgehead atoms. The van der Waals surface area contributed by atoms with Crippen molar-refractivity contribution in [3.8, 4) is 11.8 Å². The van der Waals surface area contributed by atoms with Crippen LogP contribution in [0.2, 0.25) is 0 Å². The number of hydrogen-bond donors (Lipinski definition) is 0. The summed E-state index contributed by atoms with van der Waals surface area (Å²) in [6.45, 7) is 2.72. The van der Waals surface area contributed by atoms with Crippen LogP contribution in [-0.4, -0.2) is 84.3 Å². The molecule has 4 aliphatic rings. The highest BCUT2D eigenvalue weighted by Crippen LogP contribution is 2.43. The van der Waals surface area contributed by atoms with Crippen LogP contribution in [-0.2, 0) is 20.0 Å². The Morgan fingerprint density at radius 3 is 1.91 bits per heavy atom. The summed E-state index contributed by atoms with van der Waals surface area (Å²) in [7, 11) is -6.36. The van der Waals surface area contributed by atoms with Gasteiger partial charge in [-0.1, -0.05) is 0 Å². The van der Waals surface area contributed by atoms with E-state index >= 15 is 0 Å². The van der Waals surface area contributed by atoms with Gasteiger partial charge in [0.15, 0.2) is 0 Å². The Bertz CT molecular complexity index is 1090. The molecule has 10 nitrogen and oxygen atoms in total. The van der Waals surface area contributed by atoms with E-state index in [0.717, 1.165) is 25.7 Å². The van der Waals surface area contributed by atoms with Gasteiger partial charge in [-0.05, 0) is 45.4 Å². The normalized spacial score (nSPS) is 29.8. The van der Waals surface area contributed by atoms with Crippen molar-refractivity contribution in [1.29, 1.82) is 0 Å². The van der Waals surface area contributed by atoms with Gasteiger partial charge in [0, 0.05) is 38.0 Å². The Morgan fingerprint density at radius 1 is 0.848 bits per heavy atom. The van der Waals surface area contributed by atoms with Crippen molar-refractivity contribution in [3.05, 3.63) is 11.9 Å². The average Bonchev–Trinajstić information content (AvgIpc) is 3.57. The third kappa shape index (κ3) is 4.71. The maximum absolute atomic E-state index is 12.8. The van der Waals surface area contributed by atoms with Crippen LogP contribution in [0.15, 0.2) is 6.33 Å². The fourth-order valence-electron chi connectivity index (χ4n) is 5.39. The maximum Gasteiger partial charge on any atom is 0.223 e. The molecule has 3 saturated heterocycles. The standard InChI is InChI=1S/C21H32N4O6S2/c1-14-20(30-17-7-9-24(10-8-17)32(2,26)27)22-13-23-21(14)31-18-11-15-3-4-16(12-18)25(15)33(28,29)19-5-6-19/h13,15-19H,3-12H2,1-2H3/t15-,16-/m1/s1. The Hall–Kier alpha value is -1.50. The minimum absolute atomic E-state index is 0.0113. The van der Waals surface area contributed by atoms with Crippen LogP contribution in [0.1, 0.15) is 56.9 Å². The summed E-state index contributed by atoms with van der Waals surface area (Å²) in [6, 6.07) is 0.0227. The Kier molecular flexibility index (Phi) is 6.07. The van der Waals surface area contributed by atoms with E-state index in [0.29, 0.717) is 56.1 Å². The highest BCUT2D eigenvalue weighted by atomic mass is 32.2. The van der Waals surface area contributed by atoms with E-state index in [-0.39, 0.29) is 29.5 Å². The lowest BCUT2D eigenvalue weighted by Crippen LogP contribution is -2.50. The molecule has 0 spiro atoms. The summed E-state index contributed by atoms with van der Waals surface area (Å²) in [6.07, 6.45) is 8.34. The van der Waals surface area contributed by atoms with Crippen molar-refractivity contribution in [2.24, 2.45) is 0 Å². The van der Waals surface area contributed by atoms with Gasteiger partial charge in [-0.25, -0.2) is 31.1 Å². The van der Waals surface area contributed by atoms with Crippen molar-refractivity contribution >= 4 is 20.0 Å². The molecule has 4 heterocycles. The van der Waals surface area contributed by atoms with Crippen molar-refractivity contribution < 1.29 is 26.3 Å². The third-order valence-electron chi connectivity index (χ3n) is 7.28. The molecule has 4 fully saturated rings. The quantitative estimate of drug-likeness (QED) is 0.552. The summed E-state index contributed by atoms with van der Waals surface area (Å²) >= 11 is 0. The van der Waals surface area contributed by atoms with Crippen molar-refractivity contribution in [3.63, 3.8) is 0 Å². The van der Waals surface area contributed by atoms with Gasteiger partial charge < -0.3 is 9.47 Å². The van der Waals surface area contributed by atoms with Gasteiger partial charge >= 0.3 is 0 Å². The van der Waals surface area contributed by atoms with Gasteiger partial charge in [0.25, 0.3) is 0 Å². The lowest BCUT2D eigenvalue weighted by molar-refractivity contribution is 0.0891. The highest BCUT2D eigenvalue weighted by Gasteiger charge is 2.52. The lowest BCUT2D eigenvalue weighted by Gasteiger charge is -2.38. The van der Waals surface area contributed by atoms with E-state index in [1.165, 1.54) is 16.9 Å². The summed E-state index contributed by atoms with van der Waals surface area (Å²) in [5.74, 6) is 0.922. The van der Waals surface area contributed by atoms with E-state index in [4.69, 9.17) is 9.47 Å². The first-order valence-corrected chi connectivity index (χ1v) is 15.1. The number of hydrogen-bond acceptors (Lipinski definition) is 8. The van der Waals surface area contributed by atoms with Crippen molar-refractivity contribution in [1.82, 2.24) is 18.6 Å². The number of fused-ring (bicyclic) bond motifs is 2. The van der Waals surface area contributed by atoms with Crippen molar-refractivity contribution in [2.45, 2.75) is 87.8 Å². The maximum atomic E-state index is 12.8. The van der Waals surface area contributed by atoms with E-state index < -0.39 is 20.0 Å². The zero-order valence-electron chi connectivity index (χ0n) is 19.1. The van der Waals surface area contributed by atoms with E-state index in [2.05, 4.69) is 9.97 Å². The van der Waals surface area contributed by atoms with E-state index in [1.54, 1.807) is 4.31 Å².